The van der Waals surface area contributed by atoms with E-state index in [1.54, 1.807) is 18.2 Å². The molecule has 1 amide bonds. The molecule has 6 heteroatoms. The zero-order chi connectivity index (χ0) is 11.9. The molecular formula is C10H9ClN2O3. The van der Waals surface area contributed by atoms with Crippen LogP contribution in [0.4, 0.5) is 0 Å². The summed E-state index contributed by atoms with van der Waals surface area (Å²) < 4.78 is 6.15. The van der Waals surface area contributed by atoms with Crippen LogP contribution in [0.2, 0.25) is 5.02 Å². The molecule has 0 aliphatic rings. The molecule has 5 nitrogen and oxygen atoms in total. The van der Waals surface area contributed by atoms with Crippen LogP contribution in [-0.2, 0) is 4.79 Å². The molecule has 2 rings (SSSR count). The van der Waals surface area contributed by atoms with Crippen LogP contribution in [0, 0.1) is 0 Å². The Morgan fingerprint density at radius 1 is 1.56 bits per heavy atom. The predicted molar refractivity (Wildman–Crippen MR) is 59.4 cm³/mol. The smallest absolute Gasteiger partial charge is 0.408 e. The monoisotopic (exact) mass is 240 g/mol. The highest BCUT2D eigenvalue weighted by molar-refractivity contribution is 6.31. The van der Waals surface area contributed by atoms with Crippen LogP contribution in [0.1, 0.15) is 13.0 Å². The maximum absolute atomic E-state index is 11.5. The summed E-state index contributed by atoms with van der Waals surface area (Å²) in [5.41, 5.74) is 5.99. The highest BCUT2D eigenvalue weighted by Gasteiger charge is 2.18. The molecule has 2 aromatic rings. The van der Waals surface area contributed by atoms with Crippen LogP contribution >= 0.6 is 11.6 Å². The molecule has 16 heavy (non-hydrogen) atoms. The minimum Gasteiger partial charge on any atom is -0.408 e. The fraction of sp³-hybridized carbons (Fsp3) is 0.200. The summed E-state index contributed by atoms with van der Waals surface area (Å²) in [5, 5.41) is 0.457. The van der Waals surface area contributed by atoms with Crippen molar-refractivity contribution in [2.45, 2.75) is 13.0 Å². The number of halogens is 1. The van der Waals surface area contributed by atoms with E-state index in [0.29, 0.717) is 16.1 Å². The third-order valence-corrected chi connectivity index (χ3v) is 2.61. The lowest BCUT2D eigenvalue weighted by Gasteiger charge is -2.07. The van der Waals surface area contributed by atoms with Gasteiger partial charge in [-0.2, -0.15) is 0 Å². The average Bonchev–Trinajstić information content (AvgIpc) is 2.52. The maximum atomic E-state index is 11.5. The van der Waals surface area contributed by atoms with Gasteiger partial charge in [0.1, 0.15) is 6.04 Å². The molecule has 1 aromatic carbocycles. The van der Waals surface area contributed by atoms with Crippen molar-refractivity contribution in [2.24, 2.45) is 5.73 Å². The first-order chi connectivity index (χ1) is 7.50. The molecule has 0 bridgehead atoms. The van der Waals surface area contributed by atoms with Gasteiger partial charge in [-0.05, 0) is 25.1 Å². The molecule has 84 valence electrons. The summed E-state index contributed by atoms with van der Waals surface area (Å²) in [7, 11) is 0. The topological polar surface area (TPSA) is 78.2 Å². The maximum Gasteiger partial charge on any atom is 0.420 e. The Bertz CT molecular complexity index is 614. The molecule has 1 atom stereocenters. The van der Waals surface area contributed by atoms with E-state index in [4.69, 9.17) is 21.8 Å². The summed E-state index contributed by atoms with van der Waals surface area (Å²) in [6.07, 6.45) is 0. The second-order valence-electron chi connectivity index (χ2n) is 3.43. The zero-order valence-corrected chi connectivity index (χ0v) is 9.19. The van der Waals surface area contributed by atoms with Crippen LogP contribution in [-0.4, -0.2) is 10.5 Å². The lowest BCUT2D eigenvalue weighted by Crippen LogP contribution is -2.29. The van der Waals surface area contributed by atoms with Crippen molar-refractivity contribution in [1.29, 1.82) is 0 Å². The van der Waals surface area contributed by atoms with Crippen LogP contribution in [0.3, 0.4) is 0 Å². The fourth-order valence-corrected chi connectivity index (χ4v) is 1.67. The Hall–Kier alpha value is -1.75. The number of hydrogen-bond donors (Lipinski definition) is 1. The SMILES string of the molecule is CC(C(N)=O)n1c(=O)oc2ccc(Cl)cc21. The summed E-state index contributed by atoms with van der Waals surface area (Å²) in [4.78, 5) is 22.6. The summed E-state index contributed by atoms with van der Waals surface area (Å²) in [6, 6.07) is 3.96. The van der Waals surface area contributed by atoms with Gasteiger partial charge >= 0.3 is 5.76 Å². The molecule has 1 aromatic heterocycles. The number of primary amides is 1. The Morgan fingerprint density at radius 3 is 2.88 bits per heavy atom. The Kier molecular flexibility index (Phi) is 2.47. The molecule has 0 aliphatic heterocycles. The molecule has 0 saturated heterocycles. The average molecular weight is 241 g/mol. The van der Waals surface area contributed by atoms with Gasteiger partial charge in [0.2, 0.25) is 5.91 Å². The van der Waals surface area contributed by atoms with Crippen LogP contribution in [0.5, 0.6) is 0 Å². The van der Waals surface area contributed by atoms with Crippen molar-refractivity contribution in [1.82, 2.24) is 4.57 Å². The van der Waals surface area contributed by atoms with E-state index < -0.39 is 17.7 Å². The number of hydrogen-bond acceptors (Lipinski definition) is 3. The number of nitrogens with zero attached hydrogens (tertiary/aromatic N) is 1. The number of carbonyl (C=O) groups excluding carboxylic acids is 1. The van der Waals surface area contributed by atoms with E-state index in [2.05, 4.69) is 0 Å². The van der Waals surface area contributed by atoms with E-state index in [1.807, 2.05) is 0 Å². The van der Waals surface area contributed by atoms with E-state index in [9.17, 15) is 9.59 Å². The lowest BCUT2D eigenvalue weighted by molar-refractivity contribution is -0.120. The van der Waals surface area contributed by atoms with Gasteiger partial charge in [-0.3, -0.25) is 9.36 Å². The molecule has 0 saturated carbocycles. The molecule has 0 aliphatic carbocycles. The molecular weight excluding hydrogens is 232 g/mol. The van der Waals surface area contributed by atoms with Crippen LogP contribution in [0.25, 0.3) is 11.1 Å². The Balaban J connectivity index is 2.77. The Labute approximate surface area is 95.4 Å². The first-order valence-electron chi connectivity index (χ1n) is 4.60. The van der Waals surface area contributed by atoms with Crippen molar-refractivity contribution in [2.75, 3.05) is 0 Å². The Morgan fingerprint density at radius 2 is 2.25 bits per heavy atom. The molecule has 1 heterocycles. The van der Waals surface area contributed by atoms with Crippen molar-refractivity contribution < 1.29 is 9.21 Å². The minimum atomic E-state index is -0.771. The zero-order valence-electron chi connectivity index (χ0n) is 8.44. The fourth-order valence-electron chi connectivity index (χ4n) is 1.50. The summed E-state index contributed by atoms with van der Waals surface area (Å²) >= 11 is 5.81. The van der Waals surface area contributed by atoms with Gasteiger partial charge in [0.15, 0.2) is 5.58 Å². The number of aromatic nitrogens is 1. The van der Waals surface area contributed by atoms with Gasteiger partial charge in [-0.1, -0.05) is 11.6 Å². The highest BCUT2D eigenvalue weighted by atomic mass is 35.5. The molecule has 0 radical (unpaired) electrons. The first kappa shape index (κ1) is 10.8. The first-order valence-corrected chi connectivity index (χ1v) is 4.98. The molecule has 1 unspecified atom stereocenters. The standard InChI is InChI=1S/C10H9ClN2O3/c1-5(9(12)14)13-7-4-6(11)2-3-8(7)16-10(13)15/h2-5H,1H3,(H2,12,14). The predicted octanol–water partition coefficient (Wildman–Crippen LogP) is 1.29. The third-order valence-electron chi connectivity index (χ3n) is 2.37. The van der Waals surface area contributed by atoms with Crippen LogP contribution < -0.4 is 11.5 Å². The van der Waals surface area contributed by atoms with E-state index in [-0.39, 0.29) is 0 Å². The van der Waals surface area contributed by atoms with Crippen molar-refractivity contribution in [3.05, 3.63) is 33.8 Å². The van der Waals surface area contributed by atoms with Crippen molar-refractivity contribution in [3.63, 3.8) is 0 Å². The normalized spacial score (nSPS) is 12.9. The number of carbonyl (C=O) groups is 1. The second kappa shape index (κ2) is 3.68. The number of amides is 1. The van der Waals surface area contributed by atoms with E-state index in [1.165, 1.54) is 11.5 Å². The van der Waals surface area contributed by atoms with Crippen molar-refractivity contribution >= 4 is 28.6 Å². The third kappa shape index (κ3) is 1.59. The molecule has 2 N–H and O–H groups in total. The quantitative estimate of drug-likeness (QED) is 0.859. The van der Waals surface area contributed by atoms with Gasteiger partial charge in [-0.15, -0.1) is 0 Å². The van der Waals surface area contributed by atoms with Gasteiger partial charge in [0, 0.05) is 5.02 Å². The van der Waals surface area contributed by atoms with E-state index >= 15 is 0 Å². The number of oxazole rings is 1. The number of benzene rings is 1. The molecule has 0 fully saturated rings. The number of fused-ring (bicyclic) bond motifs is 1. The van der Waals surface area contributed by atoms with Gasteiger partial charge in [-0.25, -0.2) is 4.79 Å². The van der Waals surface area contributed by atoms with Gasteiger partial charge in [0.05, 0.1) is 5.52 Å². The van der Waals surface area contributed by atoms with Crippen molar-refractivity contribution in [3.8, 4) is 0 Å². The molecule has 0 spiro atoms. The highest BCUT2D eigenvalue weighted by Crippen LogP contribution is 2.20. The second-order valence-corrected chi connectivity index (χ2v) is 3.86. The van der Waals surface area contributed by atoms with Gasteiger partial charge in [0.25, 0.3) is 0 Å². The minimum absolute atomic E-state index is 0.377. The largest absolute Gasteiger partial charge is 0.420 e. The summed E-state index contributed by atoms with van der Waals surface area (Å²) in [6.45, 7) is 1.53. The number of rotatable bonds is 2. The lowest BCUT2D eigenvalue weighted by atomic mass is 10.2. The van der Waals surface area contributed by atoms with Crippen LogP contribution in [0.15, 0.2) is 27.4 Å². The summed E-state index contributed by atoms with van der Waals surface area (Å²) in [5.74, 6) is -1.23. The van der Waals surface area contributed by atoms with E-state index in [0.717, 1.165) is 0 Å². The van der Waals surface area contributed by atoms with Gasteiger partial charge < -0.3 is 10.2 Å². The number of nitrogens with two attached hydrogens (primary N) is 1.